The van der Waals surface area contributed by atoms with Crippen molar-refractivity contribution in [3.63, 3.8) is 0 Å². The van der Waals surface area contributed by atoms with Crippen molar-refractivity contribution in [1.29, 1.82) is 0 Å². The lowest BCUT2D eigenvalue weighted by Gasteiger charge is -2.35. The fourth-order valence-electron chi connectivity index (χ4n) is 2.52. The Labute approximate surface area is 149 Å². The largest absolute Gasteiger partial charge is 0.367 e. The van der Waals surface area contributed by atoms with E-state index in [1.807, 2.05) is 24.3 Å². The molecule has 124 valence electrons. The molecule has 1 aliphatic heterocycles. The first-order valence-electron chi connectivity index (χ1n) is 7.26. The van der Waals surface area contributed by atoms with Crippen LogP contribution < -0.4 is 9.62 Å². The maximum Gasteiger partial charge on any atom is 0.271 e. The van der Waals surface area contributed by atoms with Gasteiger partial charge in [0.1, 0.15) is 4.21 Å². The van der Waals surface area contributed by atoms with Gasteiger partial charge in [0.15, 0.2) is 0 Å². The number of benzene rings is 1. The van der Waals surface area contributed by atoms with E-state index < -0.39 is 10.0 Å². The van der Waals surface area contributed by atoms with Crippen molar-refractivity contribution in [3.05, 3.63) is 40.2 Å². The number of piperazine rings is 1. The molecule has 8 heteroatoms. The summed E-state index contributed by atoms with van der Waals surface area (Å²) in [5.74, 6) is 0. The minimum Gasteiger partial charge on any atom is -0.367 e. The summed E-state index contributed by atoms with van der Waals surface area (Å²) in [5.41, 5.74) is 1.56. The van der Waals surface area contributed by atoms with Crippen LogP contribution >= 0.6 is 27.3 Å². The number of nitrogens with zero attached hydrogens (tertiary/aromatic N) is 2. The number of thiophene rings is 1. The van der Waals surface area contributed by atoms with Crippen LogP contribution in [-0.2, 0) is 10.0 Å². The highest BCUT2D eigenvalue weighted by atomic mass is 79.9. The molecule has 23 heavy (non-hydrogen) atoms. The van der Waals surface area contributed by atoms with Crippen molar-refractivity contribution in [1.82, 2.24) is 4.90 Å². The molecular formula is C15H18BrN3O2S2. The number of para-hydroxylation sites is 2. The first-order valence-corrected chi connectivity index (χ1v) is 10.4. The smallest absolute Gasteiger partial charge is 0.271 e. The SMILES string of the molecule is CN1CCN(c2ccccc2NS(=O)(=O)c2ccc(Br)s2)CC1. The van der Waals surface area contributed by atoms with Crippen LogP contribution in [0.4, 0.5) is 11.4 Å². The molecule has 2 aromatic rings. The Morgan fingerprint density at radius 3 is 2.43 bits per heavy atom. The van der Waals surface area contributed by atoms with Crippen molar-refractivity contribution in [2.75, 3.05) is 42.8 Å². The van der Waals surface area contributed by atoms with Crippen molar-refractivity contribution in [3.8, 4) is 0 Å². The van der Waals surface area contributed by atoms with Crippen LogP contribution in [-0.4, -0.2) is 46.5 Å². The van der Waals surface area contributed by atoms with E-state index in [-0.39, 0.29) is 0 Å². The predicted molar refractivity (Wildman–Crippen MR) is 99.0 cm³/mol. The zero-order valence-corrected chi connectivity index (χ0v) is 15.9. The molecule has 0 radical (unpaired) electrons. The Morgan fingerprint density at radius 2 is 1.78 bits per heavy atom. The maximum atomic E-state index is 12.6. The summed E-state index contributed by atoms with van der Waals surface area (Å²) >= 11 is 4.51. The lowest BCUT2D eigenvalue weighted by Crippen LogP contribution is -2.44. The standard InChI is InChI=1S/C15H18BrN3O2S2/c1-18-8-10-19(11-9-18)13-5-3-2-4-12(13)17-23(20,21)15-7-6-14(16)22-15/h2-7,17H,8-11H2,1H3. The van der Waals surface area contributed by atoms with Gasteiger partial charge in [-0.3, -0.25) is 4.72 Å². The Bertz CT molecular complexity index is 784. The molecule has 0 spiro atoms. The molecule has 2 heterocycles. The number of hydrogen-bond donors (Lipinski definition) is 1. The monoisotopic (exact) mass is 415 g/mol. The molecule has 1 saturated heterocycles. The van der Waals surface area contributed by atoms with Crippen molar-refractivity contribution in [2.45, 2.75) is 4.21 Å². The second-order valence-electron chi connectivity index (χ2n) is 5.47. The molecule has 1 aromatic heterocycles. The van der Waals surface area contributed by atoms with E-state index in [4.69, 9.17) is 0 Å². The lowest BCUT2D eigenvalue weighted by molar-refractivity contribution is 0.313. The number of hydrogen-bond acceptors (Lipinski definition) is 5. The quantitative estimate of drug-likeness (QED) is 0.833. The Kier molecular flexibility index (Phi) is 4.96. The molecule has 0 amide bonds. The number of likely N-dealkylation sites (N-methyl/N-ethyl adjacent to an activating group) is 1. The van der Waals surface area contributed by atoms with E-state index in [9.17, 15) is 8.42 Å². The number of halogens is 1. The van der Waals surface area contributed by atoms with Gasteiger partial charge in [0.05, 0.1) is 15.2 Å². The zero-order chi connectivity index (χ0) is 16.4. The van der Waals surface area contributed by atoms with Crippen LogP contribution in [0.1, 0.15) is 0 Å². The van der Waals surface area contributed by atoms with Gasteiger partial charge in [-0.05, 0) is 47.2 Å². The molecule has 0 bridgehead atoms. The van der Waals surface area contributed by atoms with Gasteiger partial charge in [-0.25, -0.2) is 8.42 Å². The van der Waals surface area contributed by atoms with Crippen molar-refractivity contribution in [2.24, 2.45) is 0 Å². The van der Waals surface area contributed by atoms with Gasteiger partial charge >= 0.3 is 0 Å². The molecule has 3 rings (SSSR count). The maximum absolute atomic E-state index is 12.6. The van der Waals surface area contributed by atoms with Crippen molar-refractivity contribution < 1.29 is 8.42 Å². The highest BCUT2D eigenvalue weighted by molar-refractivity contribution is 9.11. The molecule has 0 saturated carbocycles. The third-order valence-electron chi connectivity index (χ3n) is 3.81. The van der Waals surface area contributed by atoms with E-state index in [1.54, 1.807) is 12.1 Å². The van der Waals surface area contributed by atoms with E-state index in [1.165, 1.54) is 11.3 Å². The summed E-state index contributed by atoms with van der Waals surface area (Å²) in [6.45, 7) is 3.72. The van der Waals surface area contributed by atoms with Gasteiger partial charge in [-0.2, -0.15) is 0 Å². The molecule has 0 atom stereocenters. The van der Waals surface area contributed by atoms with Crippen molar-refractivity contribution >= 4 is 48.7 Å². The minimum absolute atomic E-state index is 0.303. The molecular weight excluding hydrogens is 398 g/mol. The third-order valence-corrected chi connectivity index (χ3v) is 7.29. The molecule has 1 N–H and O–H groups in total. The predicted octanol–water partition coefficient (Wildman–Crippen LogP) is 3.06. The van der Waals surface area contributed by atoms with Crippen LogP contribution in [0, 0.1) is 0 Å². The normalized spacial score (nSPS) is 16.5. The van der Waals surface area contributed by atoms with E-state index in [0.717, 1.165) is 35.7 Å². The van der Waals surface area contributed by atoms with Gasteiger partial charge in [0.2, 0.25) is 0 Å². The molecule has 1 aromatic carbocycles. The number of nitrogens with one attached hydrogen (secondary N) is 1. The summed E-state index contributed by atoms with van der Waals surface area (Å²) in [6.07, 6.45) is 0. The lowest BCUT2D eigenvalue weighted by atomic mass is 10.2. The average Bonchev–Trinajstić information content (AvgIpc) is 2.96. The fraction of sp³-hybridized carbons (Fsp3) is 0.333. The molecule has 1 fully saturated rings. The van der Waals surface area contributed by atoms with Gasteiger partial charge in [0.25, 0.3) is 10.0 Å². The van der Waals surface area contributed by atoms with Crippen LogP contribution in [0.5, 0.6) is 0 Å². The van der Waals surface area contributed by atoms with Gasteiger partial charge in [-0.15, -0.1) is 11.3 Å². The third kappa shape index (κ3) is 3.88. The number of anilines is 2. The summed E-state index contributed by atoms with van der Waals surface area (Å²) in [4.78, 5) is 4.49. The van der Waals surface area contributed by atoms with E-state index in [2.05, 4.69) is 37.5 Å². The summed E-state index contributed by atoms with van der Waals surface area (Å²) < 4.78 is 28.9. The fourth-order valence-corrected chi connectivity index (χ4v) is 5.60. The van der Waals surface area contributed by atoms with Gasteiger partial charge < -0.3 is 9.80 Å². The summed E-state index contributed by atoms with van der Waals surface area (Å²) in [7, 11) is -1.47. The first-order chi connectivity index (χ1) is 11.0. The minimum atomic E-state index is -3.56. The second kappa shape index (κ2) is 6.80. The van der Waals surface area contributed by atoms with Crippen LogP contribution in [0.15, 0.2) is 44.4 Å². The van der Waals surface area contributed by atoms with E-state index >= 15 is 0 Å². The Hall–Kier alpha value is -1.09. The van der Waals surface area contributed by atoms with Gasteiger partial charge in [-0.1, -0.05) is 12.1 Å². The highest BCUT2D eigenvalue weighted by Gasteiger charge is 2.21. The molecule has 0 unspecified atom stereocenters. The average molecular weight is 416 g/mol. The van der Waals surface area contributed by atoms with E-state index in [0.29, 0.717) is 9.90 Å². The topological polar surface area (TPSA) is 52.6 Å². The zero-order valence-electron chi connectivity index (χ0n) is 12.7. The number of sulfonamides is 1. The Balaban J connectivity index is 1.86. The first kappa shape index (κ1) is 16.8. The molecule has 1 aliphatic rings. The highest BCUT2D eigenvalue weighted by Crippen LogP contribution is 2.31. The summed E-state index contributed by atoms with van der Waals surface area (Å²) in [6, 6.07) is 10.9. The second-order valence-corrected chi connectivity index (χ2v) is 9.84. The van der Waals surface area contributed by atoms with Gasteiger partial charge in [0, 0.05) is 26.2 Å². The van der Waals surface area contributed by atoms with Crippen LogP contribution in [0.3, 0.4) is 0 Å². The number of rotatable bonds is 4. The molecule has 5 nitrogen and oxygen atoms in total. The summed E-state index contributed by atoms with van der Waals surface area (Å²) in [5, 5.41) is 0. The van der Waals surface area contributed by atoms with Crippen LogP contribution in [0.2, 0.25) is 0 Å². The Morgan fingerprint density at radius 1 is 1.09 bits per heavy atom. The molecule has 0 aliphatic carbocycles. The van der Waals surface area contributed by atoms with Crippen LogP contribution in [0.25, 0.3) is 0 Å².